The summed E-state index contributed by atoms with van der Waals surface area (Å²) in [7, 11) is 0. The summed E-state index contributed by atoms with van der Waals surface area (Å²) >= 11 is 8.03. The quantitative estimate of drug-likeness (QED) is 0.154. The van der Waals surface area contributed by atoms with E-state index in [0.29, 0.717) is 0 Å². The van der Waals surface area contributed by atoms with Crippen LogP contribution in [0.25, 0.3) is 109 Å². The topological polar surface area (TPSA) is 0 Å². The first-order valence-corrected chi connectivity index (χ1v) is 27.2. The van der Waals surface area contributed by atoms with Gasteiger partial charge in [-0.05, 0) is 179 Å². The molecule has 0 saturated carbocycles. The van der Waals surface area contributed by atoms with Gasteiger partial charge in [-0.1, -0.05) is 248 Å². The molecule has 72 heavy (non-hydrogen) atoms. The molecule has 11 aromatic rings. The molecule has 0 N–H and O–H groups in total. The summed E-state index contributed by atoms with van der Waals surface area (Å²) in [5.74, 6) is 0. The standard InChI is InChI=1S/C70H64Br2/c1-67(2,3)47-30-45(31-48(37-47)68(4,5)6)57-39-62-55-29-27-44(53-23-17-24-56-51-21-14-13-18-42(51)36-64(72)66(53)56)35-60(55)58(46-32-49(69(7,8)9)38-50(33-46)70(10,11)12)40-61(62)54-28-26-43(34-59(54)57)52-22-15-19-41-20-16-25-63(71)65(41)52/h13-40H,1-12H3. The third-order valence-corrected chi connectivity index (χ3v) is 16.6. The molecule has 0 radical (unpaired) electrons. The lowest BCUT2D eigenvalue weighted by Gasteiger charge is -2.27. The van der Waals surface area contributed by atoms with Crippen LogP contribution in [-0.4, -0.2) is 0 Å². The SMILES string of the molecule is CC(C)(C)c1cc(-c2cc3c4ccc(-c5cccc6c5c(Br)cc5ccccc56)cc4c(-c4cc(C(C)(C)C)cc(C(C)(C)C)c4)cc3c3ccc(-c4cccc5cccc(Br)c45)cc23)cc(C(C)(C)C)c1. The van der Waals surface area contributed by atoms with Crippen LogP contribution in [-0.2, 0) is 21.7 Å². The Bertz CT molecular complexity index is 3950. The molecule has 0 unspecified atom stereocenters. The van der Waals surface area contributed by atoms with Crippen LogP contribution in [0.15, 0.2) is 179 Å². The summed E-state index contributed by atoms with van der Waals surface area (Å²) < 4.78 is 2.21. The lowest BCUT2D eigenvalue weighted by atomic mass is 9.77. The van der Waals surface area contributed by atoms with Crippen molar-refractivity contribution in [2.24, 2.45) is 0 Å². The number of benzene rings is 11. The molecule has 0 aromatic heterocycles. The Kier molecular flexibility index (Phi) is 11.6. The average molecular weight is 1070 g/mol. The van der Waals surface area contributed by atoms with Crippen molar-refractivity contribution in [1.82, 2.24) is 0 Å². The fourth-order valence-electron chi connectivity index (χ4n) is 11.0. The Hall–Kier alpha value is -6.06. The minimum Gasteiger partial charge on any atom is -0.0616 e. The normalized spacial score (nSPS) is 12.9. The molecule has 2 heteroatoms. The molecular weight excluding hydrogens is 1000 g/mol. The summed E-state index contributed by atoms with van der Waals surface area (Å²) in [5, 5.41) is 15.0. The molecule has 11 rings (SSSR count). The highest BCUT2D eigenvalue weighted by atomic mass is 79.9. The maximum atomic E-state index is 4.07. The summed E-state index contributed by atoms with van der Waals surface area (Å²) in [6.45, 7) is 28.1. The Balaban J connectivity index is 1.29. The zero-order valence-corrected chi connectivity index (χ0v) is 47.1. The Morgan fingerprint density at radius 3 is 1.15 bits per heavy atom. The highest BCUT2D eigenvalue weighted by Gasteiger charge is 2.26. The van der Waals surface area contributed by atoms with E-state index in [1.165, 1.54) is 131 Å². The van der Waals surface area contributed by atoms with Crippen LogP contribution < -0.4 is 0 Å². The fourth-order valence-corrected chi connectivity index (χ4v) is 12.3. The van der Waals surface area contributed by atoms with Crippen LogP contribution >= 0.6 is 31.9 Å². The largest absolute Gasteiger partial charge is 0.0616 e. The first kappa shape index (κ1) is 48.2. The molecule has 0 heterocycles. The molecule has 0 nitrogen and oxygen atoms in total. The van der Waals surface area contributed by atoms with Crippen molar-refractivity contribution in [2.45, 2.75) is 105 Å². The van der Waals surface area contributed by atoms with Crippen molar-refractivity contribution < 1.29 is 0 Å². The van der Waals surface area contributed by atoms with Crippen LogP contribution in [0.2, 0.25) is 0 Å². The van der Waals surface area contributed by atoms with E-state index in [1.54, 1.807) is 0 Å². The molecule has 358 valence electrons. The third kappa shape index (κ3) is 8.47. The molecule has 0 amide bonds. The van der Waals surface area contributed by atoms with E-state index in [0.717, 1.165) is 8.95 Å². The summed E-state index contributed by atoms with van der Waals surface area (Å²) in [6, 6.07) is 65.4. The van der Waals surface area contributed by atoms with Gasteiger partial charge < -0.3 is 0 Å². The second-order valence-electron chi connectivity index (χ2n) is 24.5. The molecule has 0 aliphatic heterocycles. The summed E-state index contributed by atoms with van der Waals surface area (Å²) in [6.07, 6.45) is 0. The van der Waals surface area contributed by atoms with Crippen LogP contribution in [0.1, 0.15) is 105 Å². The molecule has 0 spiro atoms. The number of hydrogen-bond acceptors (Lipinski definition) is 0. The molecule has 0 bridgehead atoms. The second-order valence-corrected chi connectivity index (χ2v) is 26.2. The molecule has 0 fully saturated rings. The van der Waals surface area contributed by atoms with Gasteiger partial charge in [-0.25, -0.2) is 0 Å². The number of fused-ring (bicyclic) bond motifs is 9. The maximum absolute atomic E-state index is 4.07. The van der Waals surface area contributed by atoms with E-state index < -0.39 is 0 Å². The van der Waals surface area contributed by atoms with Gasteiger partial charge in [0.05, 0.1) is 0 Å². The van der Waals surface area contributed by atoms with Crippen molar-refractivity contribution in [3.05, 3.63) is 201 Å². The molecule has 0 saturated heterocycles. The zero-order chi connectivity index (χ0) is 50.8. The molecule has 0 atom stereocenters. The first-order chi connectivity index (χ1) is 34.0. The first-order valence-electron chi connectivity index (χ1n) is 25.6. The van der Waals surface area contributed by atoms with Crippen molar-refractivity contribution in [3.8, 4) is 44.5 Å². The van der Waals surface area contributed by atoms with Gasteiger partial charge in [0.25, 0.3) is 0 Å². The minimum absolute atomic E-state index is 0.0442. The average Bonchev–Trinajstić information content (AvgIpc) is 3.34. The van der Waals surface area contributed by atoms with E-state index in [-0.39, 0.29) is 21.7 Å². The number of hydrogen-bond donors (Lipinski definition) is 0. The van der Waals surface area contributed by atoms with E-state index in [2.05, 4.69) is 285 Å². The van der Waals surface area contributed by atoms with E-state index in [4.69, 9.17) is 0 Å². The lowest BCUT2D eigenvalue weighted by molar-refractivity contribution is 0.568. The van der Waals surface area contributed by atoms with Gasteiger partial charge in [-0.15, -0.1) is 0 Å². The zero-order valence-electron chi connectivity index (χ0n) is 43.9. The van der Waals surface area contributed by atoms with Gasteiger partial charge in [0, 0.05) is 19.7 Å². The summed E-state index contributed by atoms with van der Waals surface area (Å²) in [4.78, 5) is 0. The Morgan fingerprint density at radius 2 is 0.667 bits per heavy atom. The molecule has 11 aromatic carbocycles. The lowest BCUT2D eigenvalue weighted by Crippen LogP contribution is -2.16. The highest BCUT2D eigenvalue weighted by Crippen LogP contribution is 2.48. The predicted molar refractivity (Wildman–Crippen MR) is 323 cm³/mol. The molecular formula is C70H64Br2. The Morgan fingerprint density at radius 1 is 0.250 bits per heavy atom. The van der Waals surface area contributed by atoms with Crippen LogP contribution in [0, 0.1) is 0 Å². The van der Waals surface area contributed by atoms with E-state index in [9.17, 15) is 0 Å². The van der Waals surface area contributed by atoms with Gasteiger partial charge in [0.2, 0.25) is 0 Å². The minimum atomic E-state index is -0.0477. The number of rotatable bonds is 4. The van der Waals surface area contributed by atoms with Gasteiger partial charge in [-0.3, -0.25) is 0 Å². The monoisotopic (exact) mass is 1060 g/mol. The molecule has 0 aliphatic rings. The van der Waals surface area contributed by atoms with Crippen LogP contribution in [0.4, 0.5) is 0 Å². The van der Waals surface area contributed by atoms with E-state index >= 15 is 0 Å². The predicted octanol–water partition coefficient (Wildman–Crippen LogP) is 22.0. The summed E-state index contributed by atoms with van der Waals surface area (Å²) in [5.41, 5.74) is 15.1. The van der Waals surface area contributed by atoms with Gasteiger partial charge >= 0.3 is 0 Å². The van der Waals surface area contributed by atoms with Crippen molar-refractivity contribution in [2.75, 3.05) is 0 Å². The maximum Gasteiger partial charge on any atom is 0.0266 e. The second kappa shape index (κ2) is 17.3. The van der Waals surface area contributed by atoms with Gasteiger partial charge in [0.15, 0.2) is 0 Å². The Labute approximate surface area is 443 Å². The third-order valence-electron chi connectivity index (χ3n) is 15.3. The smallest absolute Gasteiger partial charge is 0.0266 e. The van der Waals surface area contributed by atoms with Gasteiger partial charge in [0.1, 0.15) is 0 Å². The van der Waals surface area contributed by atoms with Crippen molar-refractivity contribution >= 4 is 96.5 Å². The van der Waals surface area contributed by atoms with Gasteiger partial charge in [-0.2, -0.15) is 0 Å². The van der Waals surface area contributed by atoms with Crippen LogP contribution in [0.5, 0.6) is 0 Å². The van der Waals surface area contributed by atoms with Crippen molar-refractivity contribution in [1.29, 1.82) is 0 Å². The molecule has 0 aliphatic carbocycles. The fraction of sp³-hybridized carbons (Fsp3) is 0.229. The van der Waals surface area contributed by atoms with Crippen molar-refractivity contribution in [3.63, 3.8) is 0 Å². The highest BCUT2D eigenvalue weighted by molar-refractivity contribution is 9.11. The van der Waals surface area contributed by atoms with Crippen LogP contribution in [0.3, 0.4) is 0 Å². The number of halogens is 2. The van der Waals surface area contributed by atoms with E-state index in [1.807, 2.05) is 0 Å².